The van der Waals surface area contributed by atoms with Crippen LogP contribution in [0.1, 0.15) is 16.7 Å². The molecule has 0 bridgehead atoms. The molecule has 0 N–H and O–H groups in total. The van der Waals surface area contributed by atoms with Crippen molar-refractivity contribution in [3.8, 4) is 51.8 Å². The number of aromatic nitrogens is 2. The predicted molar refractivity (Wildman–Crippen MR) is 200 cm³/mol. The number of hydrogen-bond acceptors (Lipinski definition) is 3. The molecule has 0 unspecified atom stereocenters. The summed E-state index contributed by atoms with van der Waals surface area (Å²) < 4.78 is 4.36. The van der Waals surface area contributed by atoms with Gasteiger partial charge in [-0.05, 0) is 65.7 Å². The van der Waals surface area contributed by atoms with E-state index in [1.165, 1.54) is 10.8 Å². The molecule has 230 valence electrons. The maximum atomic E-state index is 10.7. The third kappa shape index (κ3) is 4.31. The van der Waals surface area contributed by atoms with Gasteiger partial charge in [0.1, 0.15) is 6.07 Å². The lowest BCUT2D eigenvalue weighted by Gasteiger charge is -2.16. The van der Waals surface area contributed by atoms with Crippen LogP contribution in [0.15, 0.2) is 152 Å². The number of rotatable bonds is 4. The van der Waals surface area contributed by atoms with Gasteiger partial charge in [0.2, 0.25) is 0 Å². The molecule has 0 spiro atoms. The molecule has 9 aromatic rings. The highest BCUT2D eigenvalue weighted by atomic mass is 15.0. The van der Waals surface area contributed by atoms with Crippen LogP contribution < -0.4 is 0 Å². The van der Waals surface area contributed by atoms with Crippen molar-refractivity contribution in [2.24, 2.45) is 0 Å². The van der Waals surface area contributed by atoms with Crippen LogP contribution in [0.5, 0.6) is 0 Å². The first-order valence-electron chi connectivity index (χ1n) is 16.3. The quantitative estimate of drug-likeness (QED) is 0.193. The van der Waals surface area contributed by atoms with Crippen molar-refractivity contribution < 1.29 is 0 Å². The van der Waals surface area contributed by atoms with E-state index in [1.54, 1.807) is 18.2 Å². The number of hydrogen-bond donors (Lipinski definition) is 0. The summed E-state index contributed by atoms with van der Waals surface area (Å²) >= 11 is 0. The topological polar surface area (TPSA) is 81.2 Å². The Hall–Kier alpha value is -7.39. The number of nitrogens with zero attached hydrogens (tertiary/aromatic N) is 5. The van der Waals surface area contributed by atoms with Crippen LogP contribution in [0.25, 0.3) is 77.2 Å². The SMILES string of the molecule is N#Cc1cc(-c2ccc(-c3ccccc3-n3c4ccccc4c4ccccc43)cc2)c(C#N)c(-n2c3ccccc3c3cc(C#N)ccc32)c1. The minimum atomic E-state index is 0.453. The third-order valence-corrected chi connectivity index (χ3v) is 9.63. The Balaban J connectivity index is 1.21. The fraction of sp³-hybridized carbons (Fsp3) is 0. The Morgan fingerprint density at radius 2 is 0.860 bits per heavy atom. The summed E-state index contributed by atoms with van der Waals surface area (Å²) in [5.74, 6) is 0. The monoisotopic (exact) mass is 635 g/mol. The molecule has 2 aromatic heterocycles. The van der Waals surface area contributed by atoms with E-state index >= 15 is 0 Å². The fourth-order valence-corrected chi connectivity index (χ4v) is 7.44. The molecular formula is C45H25N5. The molecule has 0 fully saturated rings. The van der Waals surface area contributed by atoms with Gasteiger partial charge >= 0.3 is 0 Å². The number of benzene rings is 7. The zero-order valence-electron chi connectivity index (χ0n) is 26.7. The van der Waals surface area contributed by atoms with Crippen molar-refractivity contribution in [2.45, 2.75) is 0 Å². The zero-order chi connectivity index (χ0) is 33.8. The molecule has 0 radical (unpaired) electrons. The summed E-state index contributed by atoms with van der Waals surface area (Å²) in [6, 6.07) is 57.8. The molecule has 9 rings (SSSR count). The molecule has 5 nitrogen and oxygen atoms in total. The molecule has 7 aromatic carbocycles. The summed E-state index contributed by atoms with van der Waals surface area (Å²) in [6.45, 7) is 0. The van der Waals surface area contributed by atoms with E-state index in [-0.39, 0.29) is 0 Å². The van der Waals surface area contributed by atoms with E-state index in [9.17, 15) is 15.8 Å². The van der Waals surface area contributed by atoms with Gasteiger partial charge in [0.05, 0.1) is 62.3 Å². The Bertz CT molecular complexity index is 2900. The van der Waals surface area contributed by atoms with E-state index < -0.39 is 0 Å². The zero-order valence-corrected chi connectivity index (χ0v) is 26.7. The van der Waals surface area contributed by atoms with Gasteiger partial charge in [-0.25, -0.2) is 0 Å². The summed E-state index contributed by atoms with van der Waals surface area (Å²) in [4.78, 5) is 0. The van der Waals surface area contributed by atoms with Crippen LogP contribution in [0, 0.1) is 34.0 Å². The Morgan fingerprint density at radius 1 is 0.360 bits per heavy atom. The summed E-state index contributed by atoms with van der Waals surface area (Å²) in [6.07, 6.45) is 0. The average Bonchev–Trinajstić information content (AvgIpc) is 3.70. The smallest absolute Gasteiger partial charge is 0.102 e. The Labute approximate surface area is 287 Å². The molecule has 5 heteroatoms. The number of para-hydroxylation sites is 4. The normalized spacial score (nSPS) is 11.1. The fourth-order valence-electron chi connectivity index (χ4n) is 7.44. The molecular weight excluding hydrogens is 611 g/mol. The van der Waals surface area contributed by atoms with Gasteiger partial charge in [-0.1, -0.05) is 97.1 Å². The Morgan fingerprint density at radius 3 is 1.46 bits per heavy atom. The van der Waals surface area contributed by atoms with Crippen LogP contribution in [0.4, 0.5) is 0 Å². The van der Waals surface area contributed by atoms with Crippen molar-refractivity contribution in [2.75, 3.05) is 0 Å². The number of fused-ring (bicyclic) bond motifs is 6. The first-order valence-corrected chi connectivity index (χ1v) is 16.3. The minimum absolute atomic E-state index is 0.453. The minimum Gasteiger partial charge on any atom is -0.309 e. The molecule has 0 amide bonds. The first-order chi connectivity index (χ1) is 24.7. The first kappa shape index (κ1) is 28.8. The molecule has 0 aliphatic heterocycles. The highest BCUT2D eigenvalue weighted by Crippen LogP contribution is 2.39. The van der Waals surface area contributed by atoms with E-state index in [2.05, 4.69) is 108 Å². The Kier molecular flexibility index (Phi) is 6.56. The van der Waals surface area contributed by atoms with Crippen LogP contribution in [-0.2, 0) is 0 Å². The van der Waals surface area contributed by atoms with E-state index in [4.69, 9.17) is 0 Å². The van der Waals surface area contributed by atoms with Gasteiger partial charge in [-0.3, -0.25) is 0 Å². The van der Waals surface area contributed by atoms with E-state index in [0.29, 0.717) is 27.9 Å². The average molecular weight is 636 g/mol. The van der Waals surface area contributed by atoms with Gasteiger partial charge in [-0.2, -0.15) is 15.8 Å². The molecule has 0 aliphatic rings. The van der Waals surface area contributed by atoms with Crippen molar-refractivity contribution in [1.29, 1.82) is 15.8 Å². The van der Waals surface area contributed by atoms with Gasteiger partial charge in [-0.15, -0.1) is 0 Å². The van der Waals surface area contributed by atoms with Crippen molar-refractivity contribution in [1.82, 2.24) is 9.13 Å². The number of nitriles is 3. The maximum absolute atomic E-state index is 10.7. The standard InChI is InChI=1S/C45H25N5/c46-26-29-17-22-44-38(23-29)36-12-4-8-16-43(36)50(44)45-25-30(27-47)24-37(39(45)28-48)32-20-18-31(19-21-32)33-9-1-5-13-40(33)49-41-14-6-2-10-34(41)35-11-3-7-15-42(35)49/h1-25H. The van der Waals surface area contributed by atoms with Gasteiger partial charge < -0.3 is 9.13 Å². The lowest BCUT2D eigenvalue weighted by molar-refractivity contribution is 1.16. The summed E-state index contributed by atoms with van der Waals surface area (Å²) in [5.41, 5.74) is 10.9. The van der Waals surface area contributed by atoms with Crippen LogP contribution in [0.3, 0.4) is 0 Å². The van der Waals surface area contributed by atoms with Gasteiger partial charge in [0.25, 0.3) is 0 Å². The van der Waals surface area contributed by atoms with Crippen molar-refractivity contribution in [3.05, 3.63) is 168 Å². The van der Waals surface area contributed by atoms with Crippen LogP contribution >= 0.6 is 0 Å². The maximum Gasteiger partial charge on any atom is 0.102 e. The summed E-state index contributed by atoms with van der Waals surface area (Å²) in [5, 5.41) is 34.8. The van der Waals surface area contributed by atoms with Crippen molar-refractivity contribution >= 4 is 43.6 Å². The highest BCUT2D eigenvalue weighted by molar-refractivity contribution is 6.11. The third-order valence-electron chi connectivity index (χ3n) is 9.63. The van der Waals surface area contributed by atoms with Gasteiger partial charge in [0, 0.05) is 32.7 Å². The molecule has 50 heavy (non-hydrogen) atoms. The molecule has 0 saturated heterocycles. The van der Waals surface area contributed by atoms with E-state index in [1.807, 2.05) is 53.1 Å². The second kappa shape index (κ2) is 11.4. The molecule has 2 heterocycles. The second-order valence-corrected chi connectivity index (χ2v) is 12.3. The molecule has 0 atom stereocenters. The van der Waals surface area contributed by atoms with Crippen molar-refractivity contribution in [3.63, 3.8) is 0 Å². The largest absolute Gasteiger partial charge is 0.309 e. The predicted octanol–water partition coefficient (Wildman–Crippen LogP) is 10.8. The molecule has 0 aliphatic carbocycles. The van der Waals surface area contributed by atoms with Gasteiger partial charge in [0.15, 0.2) is 0 Å². The van der Waals surface area contributed by atoms with Crippen LogP contribution in [0.2, 0.25) is 0 Å². The molecule has 0 saturated carbocycles. The summed E-state index contributed by atoms with van der Waals surface area (Å²) in [7, 11) is 0. The lowest BCUT2D eigenvalue weighted by Crippen LogP contribution is -2.01. The highest BCUT2D eigenvalue weighted by Gasteiger charge is 2.20. The lowest BCUT2D eigenvalue weighted by atomic mass is 9.94. The van der Waals surface area contributed by atoms with E-state index in [0.717, 1.165) is 55.2 Å². The van der Waals surface area contributed by atoms with Crippen LogP contribution in [-0.4, -0.2) is 9.13 Å². The second-order valence-electron chi connectivity index (χ2n) is 12.3.